The van der Waals surface area contributed by atoms with E-state index in [-0.39, 0.29) is 16.8 Å². The number of rotatable bonds is 5. The molecule has 0 aliphatic carbocycles. The number of nitro benzene ring substituents is 1. The summed E-state index contributed by atoms with van der Waals surface area (Å²) < 4.78 is 1.70. The first kappa shape index (κ1) is 20.9. The third-order valence-corrected chi connectivity index (χ3v) is 5.46. The standard InChI is InChI=1S/C23H16N6O5/c1-13-18-9-14(11-24-21(18)28(26-13)15-5-3-2-4-6-15)25-20(30)12-27-22(31)17-8-7-16(29(33)34)10-19(17)23(27)32/h2-11H,12H2,1H3,(H,25,30). The molecule has 168 valence electrons. The fourth-order valence-corrected chi connectivity index (χ4v) is 3.84. The minimum atomic E-state index is -0.757. The second-order valence-corrected chi connectivity index (χ2v) is 7.66. The molecular formula is C23H16N6O5. The molecule has 5 rings (SSSR count). The molecule has 0 fully saturated rings. The van der Waals surface area contributed by atoms with E-state index in [1.807, 2.05) is 37.3 Å². The van der Waals surface area contributed by atoms with Crippen molar-refractivity contribution in [3.63, 3.8) is 0 Å². The van der Waals surface area contributed by atoms with Gasteiger partial charge in [-0.1, -0.05) is 18.2 Å². The lowest BCUT2D eigenvalue weighted by Crippen LogP contribution is -2.37. The van der Waals surface area contributed by atoms with Gasteiger partial charge in [-0.25, -0.2) is 9.67 Å². The molecule has 1 N–H and O–H groups in total. The van der Waals surface area contributed by atoms with E-state index in [9.17, 15) is 24.5 Å². The second kappa shape index (κ2) is 7.89. The van der Waals surface area contributed by atoms with Gasteiger partial charge >= 0.3 is 0 Å². The summed E-state index contributed by atoms with van der Waals surface area (Å²) in [7, 11) is 0. The lowest BCUT2D eigenvalue weighted by atomic mass is 10.1. The Kier molecular flexibility index (Phi) is 4.86. The predicted octanol–water partition coefficient (Wildman–Crippen LogP) is 2.87. The summed E-state index contributed by atoms with van der Waals surface area (Å²) in [6, 6.07) is 14.6. The number of amides is 3. The monoisotopic (exact) mass is 456 g/mol. The van der Waals surface area contributed by atoms with Gasteiger partial charge in [0.1, 0.15) is 6.54 Å². The van der Waals surface area contributed by atoms with Crippen LogP contribution in [0.25, 0.3) is 16.7 Å². The van der Waals surface area contributed by atoms with E-state index in [2.05, 4.69) is 15.4 Å². The molecule has 2 aromatic carbocycles. The van der Waals surface area contributed by atoms with Crippen LogP contribution < -0.4 is 5.32 Å². The van der Waals surface area contributed by atoms with Crippen molar-refractivity contribution >= 4 is 40.1 Å². The smallest absolute Gasteiger partial charge is 0.270 e. The molecule has 11 nitrogen and oxygen atoms in total. The number of carbonyl (C=O) groups excluding carboxylic acids is 3. The van der Waals surface area contributed by atoms with E-state index in [0.29, 0.717) is 17.0 Å². The minimum absolute atomic E-state index is 0.0236. The normalized spacial score (nSPS) is 12.8. The summed E-state index contributed by atoms with van der Waals surface area (Å²) in [5, 5.41) is 18.9. The van der Waals surface area contributed by atoms with E-state index < -0.39 is 29.2 Å². The molecule has 0 saturated carbocycles. The quantitative estimate of drug-likeness (QED) is 0.277. The van der Waals surface area contributed by atoms with Crippen molar-refractivity contribution < 1.29 is 19.3 Å². The van der Waals surface area contributed by atoms with Gasteiger partial charge in [0.15, 0.2) is 5.65 Å². The maximum Gasteiger partial charge on any atom is 0.270 e. The summed E-state index contributed by atoms with van der Waals surface area (Å²) in [6.45, 7) is 1.29. The molecule has 1 aliphatic rings. The third-order valence-electron chi connectivity index (χ3n) is 5.46. The molecule has 2 aromatic heterocycles. The Labute approximate surface area is 191 Å². The number of benzene rings is 2. The van der Waals surface area contributed by atoms with Gasteiger partial charge in [0.25, 0.3) is 17.5 Å². The van der Waals surface area contributed by atoms with Crippen molar-refractivity contribution in [2.75, 3.05) is 11.9 Å². The number of nitrogens with zero attached hydrogens (tertiary/aromatic N) is 5. The van der Waals surface area contributed by atoms with Crippen LogP contribution in [0, 0.1) is 17.0 Å². The van der Waals surface area contributed by atoms with Crippen molar-refractivity contribution in [1.29, 1.82) is 0 Å². The second-order valence-electron chi connectivity index (χ2n) is 7.66. The van der Waals surface area contributed by atoms with Crippen LogP contribution in [-0.4, -0.2) is 48.9 Å². The molecule has 0 spiro atoms. The van der Waals surface area contributed by atoms with Gasteiger partial charge in [-0.3, -0.25) is 29.4 Å². The van der Waals surface area contributed by atoms with Crippen molar-refractivity contribution in [3.05, 3.63) is 87.7 Å². The summed E-state index contributed by atoms with van der Waals surface area (Å²) in [4.78, 5) is 53.3. The largest absolute Gasteiger partial charge is 0.323 e. The Morgan fingerprint density at radius 2 is 1.79 bits per heavy atom. The number of para-hydroxylation sites is 1. The minimum Gasteiger partial charge on any atom is -0.323 e. The zero-order valence-corrected chi connectivity index (χ0v) is 17.8. The summed E-state index contributed by atoms with van der Waals surface area (Å²) in [5.41, 5.74) is 2.16. The summed E-state index contributed by atoms with van der Waals surface area (Å²) in [6.07, 6.45) is 1.46. The number of aromatic nitrogens is 3. The molecule has 11 heteroatoms. The average Bonchev–Trinajstić information content (AvgIpc) is 3.28. The van der Waals surface area contributed by atoms with Gasteiger partial charge in [-0.15, -0.1) is 0 Å². The van der Waals surface area contributed by atoms with Crippen molar-refractivity contribution in [2.45, 2.75) is 6.92 Å². The number of nitro groups is 1. The summed E-state index contributed by atoms with van der Waals surface area (Å²) in [5.74, 6) is -2.05. The SMILES string of the molecule is Cc1nn(-c2ccccc2)c2ncc(NC(=O)CN3C(=O)c4ccc([N+](=O)[O-])cc4C3=O)cc12. The molecule has 3 heterocycles. The van der Waals surface area contributed by atoms with Gasteiger partial charge < -0.3 is 5.32 Å². The number of imide groups is 1. The number of hydrogen-bond donors (Lipinski definition) is 1. The highest BCUT2D eigenvalue weighted by atomic mass is 16.6. The van der Waals surface area contributed by atoms with Crippen molar-refractivity contribution in [1.82, 2.24) is 19.7 Å². The van der Waals surface area contributed by atoms with Crippen LogP contribution in [0.15, 0.2) is 60.8 Å². The molecule has 4 aromatic rings. The first-order valence-corrected chi connectivity index (χ1v) is 10.2. The number of aryl methyl sites for hydroxylation is 1. The van der Waals surface area contributed by atoms with Crippen LogP contribution in [0.4, 0.5) is 11.4 Å². The van der Waals surface area contributed by atoms with Gasteiger partial charge in [0.05, 0.1) is 39.3 Å². The first-order chi connectivity index (χ1) is 16.3. The Morgan fingerprint density at radius 3 is 2.53 bits per heavy atom. The highest BCUT2D eigenvalue weighted by Crippen LogP contribution is 2.27. The fourth-order valence-electron chi connectivity index (χ4n) is 3.84. The number of non-ortho nitro benzene ring substituents is 1. The fraction of sp³-hybridized carbons (Fsp3) is 0.0870. The van der Waals surface area contributed by atoms with Crippen molar-refractivity contribution in [2.24, 2.45) is 0 Å². The Bertz CT molecular complexity index is 1510. The van der Waals surface area contributed by atoms with Crippen LogP contribution in [0.1, 0.15) is 26.4 Å². The average molecular weight is 456 g/mol. The van der Waals surface area contributed by atoms with Crippen LogP contribution in [0.5, 0.6) is 0 Å². The lowest BCUT2D eigenvalue weighted by molar-refractivity contribution is -0.384. The van der Waals surface area contributed by atoms with Crippen LogP contribution in [0.2, 0.25) is 0 Å². The Morgan fingerprint density at radius 1 is 1.06 bits per heavy atom. The third kappa shape index (κ3) is 3.45. The number of fused-ring (bicyclic) bond motifs is 2. The maximum absolute atomic E-state index is 12.6. The molecular weight excluding hydrogens is 440 g/mol. The molecule has 0 radical (unpaired) electrons. The van der Waals surface area contributed by atoms with E-state index in [1.54, 1.807) is 10.7 Å². The number of nitrogens with one attached hydrogen (secondary N) is 1. The van der Waals surface area contributed by atoms with E-state index in [4.69, 9.17) is 0 Å². The number of carbonyl (C=O) groups is 3. The van der Waals surface area contributed by atoms with Gasteiger partial charge in [0, 0.05) is 17.5 Å². The zero-order chi connectivity index (χ0) is 24.0. The molecule has 1 aliphatic heterocycles. The van der Waals surface area contributed by atoms with E-state index in [1.165, 1.54) is 12.3 Å². The molecule has 0 atom stereocenters. The molecule has 34 heavy (non-hydrogen) atoms. The highest BCUT2D eigenvalue weighted by molar-refractivity contribution is 6.23. The molecule has 0 unspecified atom stereocenters. The molecule has 0 bridgehead atoms. The van der Waals surface area contributed by atoms with Gasteiger partial charge in [0.2, 0.25) is 5.91 Å². The van der Waals surface area contributed by atoms with Crippen LogP contribution in [0.3, 0.4) is 0 Å². The Balaban J connectivity index is 1.35. The highest BCUT2D eigenvalue weighted by Gasteiger charge is 2.37. The predicted molar refractivity (Wildman–Crippen MR) is 121 cm³/mol. The maximum atomic E-state index is 12.6. The zero-order valence-electron chi connectivity index (χ0n) is 17.8. The first-order valence-electron chi connectivity index (χ1n) is 10.2. The Hall–Kier alpha value is -4.93. The number of pyridine rings is 1. The molecule has 0 saturated heterocycles. The van der Waals surface area contributed by atoms with Gasteiger partial charge in [-0.05, 0) is 31.2 Å². The van der Waals surface area contributed by atoms with Crippen LogP contribution in [-0.2, 0) is 4.79 Å². The number of anilines is 1. The topological polar surface area (TPSA) is 140 Å². The molecule has 3 amide bonds. The van der Waals surface area contributed by atoms with Gasteiger partial charge in [-0.2, -0.15) is 5.10 Å². The van der Waals surface area contributed by atoms with Crippen molar-refractivity contribution in [3.8, 4) is 5.69 Å². The number of hydrogen-bond acceptors (Lipinski definition) is 7. The van der Waals surface area contributed by atoms with E-state index >= 15 is 0 Å². The van der Waals surface area contributed by atoms with E-state index in [0.717, 1.165) is 28.1 Å². The lowest BCUT2D eigenvalue weighted by Gasteiger charge is -2.13. The summed E-state index contributed by atoms with van der Waals surface area (Å²) >= 11 is 0. The van der Waals surface area contributed by atoms with Crippen LogP contribution >= 0.6 is 0 Å².